The number of rotatable bonds is 6. The molecule has 3 nitrogen and oxygen atoms in total. The average molecular weight is 336 g/mol. The van der Waals surface area contributed by atoms with Crippen LogP contribution in [0, 0.1) is 0 Å². The summed E-state index contributed by atoms with van der Waals surface area (Å²) < 4.78 is 0.948. The molecule has 5 heteroatoms. The van der Waals surface area contributed by atoms with Crippen LogP contribution in [-0.2, 0) is 0 Å². The molecule has 0 fully saturated rings. The summed E-state index contributed by atoms with van der Waals surface area (Å²) in [5.74, 6) is 0. The molecule has 0 saturated heterocycles. The Balaban J connectivity index is 2.76. The number of hydrogen-bond donors (Lipinski definition) is 3. The van der Waals surface area contributed by atoms with E-state index in [2.05, 4.69) is 21.2 Å². The van der Waals surface area contributed by atoms with Gasteiger partial charge in [0.1, 0.15) is 0 Å². The lowest BCUT2D eigenvalue weighted by Gasteiger charge is -2.24. The molecule has 0 aliphatic heterocycles. The molecule has 0 spiro atoms. The second-order valence-corrected chi connectivity index (χ2v) is 5.93. The van der Waals surface area contributed by atoms with Gasteiger partial charge in [-0.05, 0) is 38.0 Å². The predicted octanol–water partition coefficient (Wildman–Crippen LogP) is 2.85. The summed E-state index contributed by atoms with van der Waals surface area (Å²) in [5.41, 5.74) is 6.78. The molecule has 0 saturated carbocycles. The van der Waals surface area contributed by atoms with Gasteiger partial charge in [0.25, 0.3) is 0 Å². The van der Waals surface area contributed by atoms with Gasteiger partial charge in [0.15, 0.2) is 0 Å². The van der Waals surface area contributed by atoms with Crippen molar-refractivity contribution in [2.75, 3.05) is 6.54 Å². The van der Waals surface area contributed by atoms with Gasteiger partial charge in [0.05, 0.1) is 6.10 Å². The minimum Gasteiger partial charge on any atom is -0.393 e. The van der Waals surface area contributed by atoms with E-state index in [1.165, 1.54) is 0 Å². The Morgan fingerprint density at radius 1 is 1.44 bits per heavy atom. The molecule has 0 radical (unpaired) electrons. The van der Waals surface area contributed by atoms with Gasteiger partial charge < -0.3 is 16.2 Å². The molecule has 1 aromatic rings. The average Bonchev–Trinajstić information content (AvgIpc) is 2.25. The Kier molecular flexibility index (Phi) is 6.60. The predicted molar refractivity (Wildman–Crippen MR) is 79.8 cm³/mol. The van der Waals surface area contributed by atoms with E-state index in [0.29, 0.717) is 18.0 Å². The minimum absolute atomic E-state index is 0.000602. The molecule has 102 valence electrons. The first-order chi connectivity index (χ1) is 8.43. The summed E-state index contributed by atoms with van der Waals surface area (Å²) in [6.07, 6.45) is 0.358. The van der Waals surface area contributed by atoms with Gasteiger partial charge in [-0.25, -0.2) is 0 Å². The van der Waals surface area contributed by atoms with Crippen molar-refractivity contribution in [3.05, 3.63) is 33.3 Å². The Morgan fingerprint density at radius 2 is 2.11 bits per heavy atom. The lowest BCUT2D eigenvalue weighted by molar-refractivity contribution is 0.168. The standard InChI is InChI=1S/C13H20BrClN2O/c1-8(5-9(2)18)17-13(7-16)11-4-3-10(14)6-12(11)15/h3-4,6,8-9,13,17-18H,5,7,16H2,1-2H3. The van der Waals surface area contributed by atoms with E-state index in [4.69, 9.17) is 17.3 Å². The van der Waals surface area contributed by atoms with Crippen LogP contribution in [-0.4, -0.2) is 23.8 Å². The van der Waals surface area contributed by atoms with Crippen LogP contribution in [0.5, 0.6) is 0 Å². The van der Waals surface area contributed by atoms with Gasteiger partial charge in [-0.1, -0.05) is 33.6 Å². The Morgan fingerprint density at radius 3 is 2.61 bits per heavy atom. The van der Waals surface area contributed by atoms with Gasteiger partial charge in [-0.3, -0.25) is 0 Å². The van der Waals surface area contributed by atoms with Gasteiger partial charge in [0, 0.05) is 28.1 Å². The van der Waals surface area contributed by atoms with Crippen molar-refractivity contribution in [3.8, 4) is 0 Å². The van der Waals surface area contributed by atoms with Crippen LogP contribution < -0.4 is 11.1 Å². The molecular weight excluding hydrogens is 316 g/mol. The second kappa shape index (κ2) is 7.46. The molecule has 18 heavy (non-hydrogen) atoms. The zero-order valence-corrected chi connectivity index (χ0v) is 13.0. The van der Waals surface area contributed by atoms with Crippen LogP contribution in [0.15, 0.2) is 22.7 Å². The lowest BCUT2D eigenvalue weighted by Crippen LogP contribution is -2.36. The normalized spacial score (nSPS) is 16.3. The van der Waals surface area contributed by atoms with E-state index < -0.39 is 0 Å². The van der Waals surface area contributed by atoms with Gasteiger partial charge >= 0.3 is 0 Å². The maximum atomic E-state index is 9.37. The van der Waals surface area contributed by atoms with Crippen LogP contribution in [0.4, 0.5) is 0 Å². The van der Waals surface area contributed by atoms with Crippen molar-refractivity contribution in [2.24, 2.45) is 5.73 Å². The van der Waals surface area contributed by atoms with E-state index in [0.717, 1.165) is 10.0 Å². The highest BCUT2D eigenvalue weighted by molar-refractivity contribution is 9.10. The van der Waals surface area contributed by atoms with Crippen LogP contribution in [0.1, 0.15) is 31.9 Å². The van der Waals surface area contributed by atoms with E-state index in [9.17, 15) is 5.11 Å². The fraction of sp³-hybridized carbons (Fsp3) is 0.538. The summed E-state index contributed by atoms with van der Waals surface area (Å²) in [5, 5.41) is 13.4. The summed E-state index contributed by atoms with van der Waals surface area (Å²) in [4.78, 5) is 0. The van der Waals surface area contributed by atoms with E-state index in [-0.39, 0.29) is 18.2 Å². The van der Waals surface area contributed by atoms with Crippen molar-refractivity contribution in [1.82, 2.24) is 5.32 Å². The molecule has 1 aromatic carbocycles. The molecule has 0 aliphatic rings. The number of aliphatic hydroxyl groups excluding tert-OH is 1. The van der Waals surface area contributed by atoms with Gasteiger partial charge in [0.2, 0.25) is 0 Å². The molecule has 1 rings (SSSR count). The zero-order valence-electron chi connectivity index (χ0n) is 10.7. The highest BCUT2D eigenvalue weighted by Gasteiger charge is 2.16. The number of halogens is 2. The summed E-state index contributed by atoms with van der Waals surface area (Å²) in [6, 6.07) is 5.95. The number of nitrogens with two attached hydrogens (primary N) is 1. The monoisotopic (exact) mass is 334 g/mol. The molecule has 0 amide bonds. The zero-order chi connectivity index (χ0) is 13.7. The van der Waals surface area contributed by atoms with Gasteiger partial charge in [-0.15, -0.1) is 0 Å². The Labute approximate surface area is 122 Å². The van der Waals surface area contributed by atoms with E-state index in [1.807, 2.05) is 25.1 Å². The fourth-order valence-corrected chi connectivity index (χ4v) is 2.80. The smallest absolute Gasteiger partial charge is 0.0526 e. The number of hydrogen-bond acceptors (Lipinski definition) is 3. The summed E-state index contributed by atoms with van der Waals surface area (Å²) in [7, 11) is 0. The fourth-order valence-electron chi connectivity index (χ4n) is 1.99. The van der Waals surface area contributed by atoms with Crippen molar-refractivity contribution < 1.29 is 5.11 Å². The van der Waals surface area contributed by atoms with Crippen molar-refractivity contribution in [3.63, 3.8) is 0 Å². The molecule has 0 aromatic heterocycles. The molecule has 4 N–H and O–H groups in total. The van der Waals surface area contributed by atoms with Crippen molar-refractivity contribution >= 4 is 27.5 Å². The molecular formula is C13H20BrClN2O. The van der Waals surface area contributed by atoms with E-state index >= 15 is 0 Å². The van der Waals surface area contributed by atoms with Gasteiger partial charge in [-0.2, -0.15) is 0 Å². The third-order valence-electron chi connectivity index (χ3n) is 2.75. The molecule has 3 unspecified atom stereocenters. The molecule has 3 atom stereocenters. The lowest BCUT2D eigenvalue weighted by atomic mass is 10.0. The van der Waals surface area contributed by atoms with Crippen molar-refractivity contribution in [2.45, 2.75) is 38.5 Å². The Bertz CT molecular complexity index is 387. The quantitative estimate of drug-likeness (QED) is 0.749. The highest BCUT2D eigenvalue weighted by Crippen LogP contribution is 2.26. The largest absolute Gasteiger partial charge is 0.393 e. The number of nitrogens with one attached hydrogen (secondary N) is 1. The highest BCUT2D eigenvalue weighted by atomic mass is 79.9. The van der Waals surface area contributed by atoms with Crippen molar-refractivity contribution in [1.29, 1.82) is 0 Å². The number of aliphatic hydroxyl groups is 1. The molecule has 0 bridgehead atoms. The first-order valence-corrected chi connectivity index (χ1v) is 7.20. The second-order valence-electron chi connectivity index (χ2n) is 4.61. The van der Waals surface area contributed by atoms with E-state index in [1.54, 1.807) is 6.92 Å². The first-order valence-electron chi connectivity index (χ1n) is 6.03. The summed E-state index contributed by atoms with van der Waals surface area (Å²) >= 11 is 9.60. The maximum Gasteiger partial charge on any atom is 0.0526 e. The third kappa shape index (κ3) is 4.86. The number of benzene rings is 1. The van der Waals surface area contributed by atoms with Crippen LogP contribution >= 0.6 is 27.5 Å². The summed E-state index contributed by atoms with van der Waals surface area (Å²) in [6.45, 7) is 4.27. The molecule has 0 aliphatic carbocycles. The first kappa shape index (κ1) is 15.9. The third-order valence-corrected chi connectivity index (χ3v) is 3.57. The van der Waals surface area contributed by atoms with Crippen LogP contribution in [0.2, 0.25) is 5.02 Å². The minimum atomic E-state index is -0.327. The molecule has 0 heterocycles. The van der Waals surface area contributed by atoms with Crippen LogP contribution in [0.3, 0.4) is 0 Å². The maximum absolute atomic E-state index is 9.37. The SMILES string of the molecule is CC(O)CC(C)NC(CN)c1ccc(Br)cc1Cl. The van der Waals surface area contributed by atoms with Crippen LogP contribution in [0.25, 0.3) is 0 Å². The Hall–Kier alpha value is -0.130. The topological polar surface area (TPSA) is 58.3 Å².